The zero-order valence-corrected chi connectivity index (χ0v) is 12.6. The van der Waals surface area contributed by atoms with Crippen molar-refractivity contribution in [2.24, 2.45) is 0 Å². The van der Waals surface area contributed by atoms with Crippen molar-refractivity contribution in [2.75, 3.05) is 6.54 Å². The molecule has 1 fully saturated rings. The van der Waals surface area contributed by atoms with Crippen LogP contribution in [0.2, 0.25) is 0 Å². The fourth-order valence-corrected chi connectivity index (χ4v) is 4.03. The van der Waals surface area contributed by atoms with Gasteiger partial charge >= 0.3 is 0 Å². The van der Waals surface area contributed by atoms with Gasteiger partial charge in [-0.3, -0.25) is 0 Å². The van der Waals surface area contributed by atoms with Gasteiger partial charge in [0.25, 0.3) is 0 Å². The molecule has 0 radical (unpaired) electrons. The molecule has 18 heavy (non-hydrogen) atoms. The molecule has 2 nitrogen and oxygen atoms in total. The molecule has 0 unspecified atom stereocenters. The summed E-state index contributed by atoms with van der Waals surface area (Å²) in [7, 11) is 0. The number of rotatable bonds is 2. The lowest BCUT2D eigenvalue weighted by atomic mass is 10.1. The molecule has 94 valence electrons. The summed E-state index contributed by atoms with van der Waals surface area (Å²) in [5.74, 6) is 0. The highest BCUT2D eigenvalue weighted by molar-refractivity contribution is 9.10. The van der Waals surface area contributed by atoms with Crippen molar-refractivity contribution in [2.45, 2.75) is 25.8 Å². The van der Waals surface area contributed by atoms with Crippen molar-refractivity contribution in [1.82, 2.24) is 10.3 Å². The highest BCUT2D eigenvalue weighted by Crippen LogP contribution is 2.33. The van der Waals surface area contributed by atoms with Crippen LogP contribution in [0.5, 0.6) is 0 Å². The minimum Gasteiger partial charge on any atom is -0.309 e. The van der Waals surface area contributed by atoms with E-state index in [1.807, 2.05) is 0 Å². The number of aromatic nitrogens is 1. The lowest BCUT2D eigenvalue weighted by Crippen LogP contribution is -2.12. The van der Waals surface area contributed by atoms with Gasteiger partial charge < -0.3 is 5.32 Å². The highest BCUT2D eigenvalue weighted by Gasteiger charge is 2.19. The summed E-state index contributed by atoms with van der Waals surface area (Å²) in [5.41, 5.74) is 3.65. The zero-order valence-electron chi connectivity index (χ0n) is 10.2. The number of hydrogen-bond acceptors (Lipinski definition) is 3. The number of nitrogens with zero attached hydrogens (tertiary/aromatic N) is 1. The number of benzene rings is 1. The molecule has 0 amide bonds. The molecule has 1 aromatic carbocycles. The second-order valence-electron chi connectivity index (χ2n) is 4.71. The Morgan fingerprint density at radius 1 is 1.44 bits per heavy atom. The maximum Gasteiger partial charge on any atom is 0.124 e. The zero-order chi connectivity index (χ0) is 12.5. The van der Waals surface area contributed by atoms with E-state index in [0.29, 0.717) is 6.04 Å². The van der Waals surface area contributed by atoms with Crippen LogP contribution in [-0.4, -0.2) is 11.5 Å². The van der Waals surface area contributed by atoms with Crippen molar-refractivity contribution in [1.29, 1.82) is 0 Å². The molecule has 1 N–H and O–H groups in total. The molecule has 0 saturated carbocycles. The first-order valence-corrected chi connectivity index (χ1v) is 7.86. The van der Waals surface area contributed by atoms with E-state index < -0.39 is 0 Å². The SMILES string of the molecule is Cc1ccc(-c2nc([C@@H]3CCCN3)cs2)c(Br)c1. The van der Waals surface area contributed by atoms with Crippen molar-refractivity contribution in [3.8, 4) is 10.6 Å². The fraction of sp³-hybridized carbons (Fsp3) is 0.357. The summed E-state index contributed by atoms with van der Waals surface area (Å²) in [6, 6.07) is 6.88. The van der Waals surface area contributed by atoms with E-state index in [1.54, 1.807) is 11.3 Å². The lowest BCUT2D eigenvalue weighted by Gasteiger charge is -2.05. The van der Waals surface area contributed by atoms with Crippen molar-refractivity contribution < 1.29 is 0 Å². The Balaban J connectivity index is 1.92. The second kappa shape index (κ2) is 5.11. The maximum absolute atomic E-state index is 4.78. The second-order valence-corrected chi connectivity index (χ2v) is 6.42. The molecule has 0 aliphatic carbocycles. The predicted molar refractivity (Wildman–Crippen MR) is 80.0 cm³/mol. The maximum atomic E-state index is 4.78. The molecule has 3 rings (SSSR count). The number of nitrogens with one attached hydrogen (secondary N) is 1. The van der Waals surface area contributed by atoms with Crippen molar-refractivity contribution >= 4 is 27.3 Å². The van der Waals surface area contributed by atoms with Crippen LogP contribution in [-0.2, 0) is 0 Å². The number of hydrogen-bond donors (Lipinski definition) is 1. The fourth-order valence-electron chi connectivity index (χ4n) is 2.30. The average molecular weight is 323 g/mol. The molecule has 0 bridgehead atoms. The molecule has 1 aromatic heterocycles. The summed E-state index contributed by atoms with van der Waals surface area (Å²) in [6.45, 7) is 3.22. The van der Waals surface area contributed by atoms with E-state index in [9.17, 15) is 0 Å². The van der Waals surface area contributed by atoms with Crippen LogP contribution in [0.15, 0.2) is 28.1 Å². The van der Waals surface area contributed by atoms with Gasteiger partial charge in [-0.1, -0.05) is 28.1 Å². The first-order chi connectivity index (χ1) is 8.74. The summed E-state index contributed by atoms with van der Waals surface area (Å²) in [6.07, 6.45) is 2.46. The minimum atomic E-state index is 0.458. The monoisotopic (exact) mass is 322 g/mol. The number of thiazole rings is 1. The Kier molecular flexibility index (Phi) is 3.50. The average Bonchev–Trinajstić information content (AvgIpc) is 2.99. The molecule has 0 spiro atoms. The normalized spacial score (nSPS) is 19.3. The predicted octanol–water partition coefficient (Wildman–Crippen LogP) is 4.31. The highest BCUT2D eigenvalue weighted by atomic mass is 79.9. The van der Waals surface area contributed by atoms with Gasteiger partial charge in [0.2, 0.25) is 0 Å². The van der Waals surface area contributed by atoms with Crippen LogP contribution >= 0.6 is 27.3 Å². The standard InChI is InChI=1S/C14H15BrN2S/c1-9-4-5-10(11(15)7-9)14-17-13(8-18-14)12-3-2-6-16-12/h4-5,7-8,12,16H,2-3,6H2,1H3/t12-/m0/s1. The van der Waals surface area contributed by atoms with Gasteiger partial charge in [0, 0.05) is 15.4 Å². The third-order valence-electron chi connectivity index (χ3n) is 3.29. The van der Waals surface area contributed by atoms with E-state index >= 15 is 0 Å². The van der Waals surface area contributed by atoms with Crippen LogP contribution in [0.25, 0.3) is 10.6 Å². The van der Waals surface area contributed by atoms with Crippen molar-refractivity contribution in [3.05, 3.63) is 39.3 Å². The molecule has 1 atom stereocenters. The van der Waals surface area contributed by atoms with Crippen LogP contribution in [0, 0.1) is 6.92 Å². The van der Waals surface area contributed by atoms with E-state index in [4.69, 9.17) is 4.98 Å². The molecule has 1 aliphatic heterocycles. The summed E-state index contributed by atoms with van der Waals surface area (Å²) < 4.78 is 1.13. The smallest absolute Gasteiger partial charge is 0.124 e. The van der Waals surface area contributed by atoms with E-state index in [1.165, 1.54) is 29.7 Å². The first kappa shape index (κ1) is 12.3. The Morgan fingerprint density at radius 2 is 2.33 bits per heavy atom. The molecule has 2 aromatic rings. The van der Waals surface area contributed by atoms with Gasteiger partial charge in [0.05, 0.1) is 11.7 Å². The Morgan fingerprint density at radius 3 is 3.06 bits per heavy atom. The third-order valence-corrected chi connectivity index (χ3v) is 4.84. The largest absolute Gasteiger partial charge is 0.309 e. The van der Waals surface area contributed by atoms with E-state index in [0.717, 1.165) is 16.0 Å². The molecule has 1 aliphatic rings. The van der Waals surface area contributed by atoms with Crippen molar-refractivity contribution in [3.63, 3.8) is 0 Å². The quantitative estimate of drug-likeness (QED) is 0.891. The van der Waals surface area contributed by atoms with Gasteiger partial charge in [0.1, 0.15) is 5.01 Å². The third kappa shape index (κ3) is 2.37. The van der Waals surface area contributed by atoms with Gasteiger partial charge in [-0.25, -0.2) is 4.98 Å². The summed E-state index contributed by atoms with van der Waals surface area (Å²) in [5, 5.41) is 6.78. The molecular formula is C14H15BrN2S. The summed E-state index contributed by atoms with van der Waals surface area (Å²) in [4.78, 5) is 4.78. The number of aryl methyl sites for hydroxylation is 1. The van der Waals surface area contributed by atoms with Crippen LogP contribution < -0.4 is 5.32 Å². The molecule has 4 heteroatoms. The minimum absolute atomic E-state index is 0.458. The Bertz CT molecular complexity index is 559. The topological polar surface area (TPSA) is 24.9 Å². The molecular weight excluding hydrogens is 308 g/mol. The molecule has 2 heterocycles. The first-order valence-electron chi connectivity index (χ1n) is 6.19. The lowest BCUT2D eigenvalue weighted by molar-refractivity contribution is 0.632. The molecule has 1 saturated heterocycles. The van der Waals surface area contributed by atoms with Crippen LogP contribution in [0.3, 0.4) is 0 Å². The van der Waals surface area contributed by atoms with Crippen LogP contribution in [0.1, 0.15) is 30.1 Å². The van der Waals surface area contributed by atoms with E-state index in [-0.39, 0.29) is 0 Å². The van der Waals surface area contributed by atoms with Gasteiger partial charge in [-0.2, -0.15) is 0 Å². The Labute approximate surface area is 120 Å². The van der Waals surface area contributed by atoms with Gasteiger partial charge in [-0.15, -0.1) is 11.3 Å². The van der Waals surface area contributed by atoms with E-state index in [2.05, 4.69) is 51.7 Å². The number of halogens is 1. The Hall–Kier alpha value is -0.710. The van der Waals surface area contributed by atoms with Crippen LogP contribution in [0.4, 0.5) is 0 Å². The van der Waals surface area contributed by atoms with Gasteiger partial charge in [-0.05, 0) is 37.9 Å². The summed E-state index contributed by atoms with van der Waals surface area (Å²) >= 11 is 5.36. The van der Waals surface area contributed by atoms with Gasteiger partial charge in [0.15, 0.2) is 0 Å².